The lowest BCUT2D eigenvalue weighted by Gasteiger charge is -2.15. The highest BCUT2D eigenvalue weighted by Crippen LogP contribution is 2.45. The molecule has 2 aliphatic rings. The molecule has 0 bridgehead atoms. The van der Waals surface area contributed by atoms with Crippen LogP contribution < -0.4 is 11.1 Å². The zero-order chi connectivity index (χ0) is 14.7. The summed E-state index contributed by atoms with van der Waals surface area (Å²) in [4.78, 5) is 12.2. The Bertz CT molecular complexity index is 503. The lowest BCUT2D eigenvalue weighted by molar-refractivity contribution is -0.117. The van der Waals surface area contributed by atoms with Crippen molar-refractivity contribution >= 4 is 35.1 Å². The van der Waals surface area contributed by atoms with Gasteiger partial charge in [-0.3, -0.25) is 4.79 Å². The van der Waals surface area contributed by atoms with Crippen LogP contribution in [0.2, 0.25) is 0 Å². The summed E-state index contributed by atoms with van der Waals surface area (Å²) in [6.45, 7) is 0. The van der Waals surface area contributed by atoms with E-state index < -0.39 is 0 Å². The average Bonchev–Trinajstić information content (AvgIpc) is 3.12. The molecule has 2 atom stereocenters. The zero-order valence-electron chi connectivity index (χ0n) is 12.1. The van der Waals surface area contributed by atoms with E-state index in [1.54, 1.807) is 0 Å². The van der Waals surface area contributed by atoms with E-state index in [4.69, 9.17) is 5.73 Å². The highest BCUT2D eigenvalue weighted by molar-refractivity contribution is 8.19. The molecule has 3 nitrogen and oxygen atoms in total. The molecule has 3 rings (SSSR count). The van der Waals surface area contributed by atoms with Crippen LogP contribution in [0.4, 0.5) is 5.69 Å². The largest absolute Gasteiger partial charge is 0.327 e. The van der Waals surface area contributed by atoms with Crippen molar-refractivity contribution in [2.45, 2.75) is 36.3 Å². The van der Waals surface area contributed by atoms with Gasteiger partial charge >= 0.3 is 0 Å². The predicted molar refractivity (Wildman–Crippen MR) is 92.7 cm³/mol. The lowest BCUT2D eigenvalue weighted by atomic mass is 10.00. The Morgan fingerprint density at radius 3 is 2.81 bits per heavy atom. The fourth-order valence-corrected chi connectivity index (χ4v) is 5.92. The van der Waals surface area contributed by atoms with Gasteiger partial charge in [-0.05, 0) is 36.5 Å². The molecule has 1 aliphatic heterocycles. The van der Waals surface area contributed by atoms with Gasteiger partial charge in [0.05, 0.1) is 4.58 Å². The standard InChI is InChI=1S/C16H22N2OS2/c17-14-6-2-3-11(14)10-15(19)18-13-5-1-4-12(9-13)16-20-7-8-21-16/h1,4-5,9,11,14,16H,2-3,6-8,10,17H2,(H,18,19)/t11-,14+/m0/s1. The minimum absolute atomic E-state index is 0.0984. The fraction of sp³-hybridized carbons (Fsp3) is 0.562. The fourth-order valence-electron chi connectivity index (χ4n) is 3.08. The molecule has 1 aliphatic carbocycles. The molecule has 1 aromatic rings. The predicted octanol–water partition coefficient (Wildman–Crippen LogP) is 3.62. The maximum absolute atomic E-state index is 12.2. The smallest absolute Gasteiger partial charge is 0.224 e. The van der Waals surface area contributed by atoms with Gasteiger partial charge in [0.15, 0.2) is 0 Å². The number of anilines is 1. The van der Waals surface area contributed by atoms with Crippen molar-refractivity contribution in [2.24, 2.45) is 11.7 Å². The summed E-state index contributed by atoms with van der Waals surface area (Å²) < 4.78 is 0.519. The van der Waals surface area contributed by atoms with Crippen molar-refractivity contribution in [3.05, 3.63) is 29.8 Å². The number of amides is 1. The van der Waals surface area contributed by atoms with Crippen LogP contribution in [0.25, 0.3) is 0 Å². The molecular formula is C16H22N2OS2. The van der Waals surface area contributed by atoms with E-state index in [0.717, 1.165) is 24.9 Å². The number of thioether (sulfide) groups is 2. The number of carbonyl (C=O) groups excluding carboxylic acids is 1. The molecule has 3 N–H and O–H groups in total. The van der Waals surface area contributed by atoms with Gasteiger partial charge in [-0.2, -0.15) is 0 Å². The van der Waals surface area contributed by atoms with Crippen LogP contribution in [0, 0.1) is 5.92 Å². The van der Waals surface area contributed by atoms with Gasteiger partial charge in [0.2, 0.25) is 5.91 Å². The molecule has 1 saturated heterocycles. The van der Waals surface area contributed by atoms with Crippen LogP contribution in [-0.4, -0.2) is 23.5 Å². The molecule has 2 fully saturated rings. The van der Waals surface area contributed by atoms with Gasteiger partial charge in [0, 0.05) is 29.7 Å². The minimum atomic E-state index is 0.0984. The second-order valence-electron chi connectivity index (χ2n) is 5.81. The molecule has 1 saturated carbocycles. The van der Waals surface area contributed by atoms with E-state index in [9.17, 15) is 4.79 Å². The monoisotopic (exact) mass is 322 g/mol. The Labute approximate surface area is 134 Å². The maximum atomic E-state index is 12.2. The molecule has 0 radical (unpaired) electrons. The van der Waals surface area contributed by atoms with Crippen LogP contribution in [-0.2, 0) is 4.79 Å². The summed E-state index contributed by atoms with van der Waals surface area (Å²) in [5, 5.41) is 3.04. The molecule has 1 heterocycles. The molecule has 0 spiro atoms. The van der Waals surface area contributed by atoms with Crippen LogP contribution in [0.15, 0.2) is 24.3 Å². The Morgan fingerprint density at radius 2 is 2.10 bits per heavy atom. The van der Waals surface area contributed by atoms with Crippen molar-refractivity contribution in [1.29, 1.82) is 0 Å². The normalized spacial score (nSPS) is 26.1. The molecule has 1 aromatic carbocycles. The Hall–Kier alpha value is -0.650. The van der Waals surface area contributed by atoms with Gasteiger partial charge in [-0.1, -0.05) is 18.6 Å². The molecule has 21 heavy (non-hydrogen) atoms. The maximum Gasteiger partial charge on any atom is 0.224 e. The average molecular weight is 322 g/mol. The van der Waals surface area contributed by atoms with E-state index >= 15 is 0 Å². The van der Waals surface area contributed by atoms with Gasteiger partial charge in [-0.15, -0.1) is 23.5 Å². The Balaban J connectivity index is 1.59. The van der Waals surface area contributed by atoms with Crippen molar-refractivity contribution in [1.82, 2.24) is 0 Å². The van der Waals surface area contributed by atoms with Crippen molar-refractivity contribution in [2.75, 3.05) is 16.8 Å². The molecule has 0 unspecified atom stereocenters. The summed E-state index contributed by atoms with van der Waals surface area (Å²) in [6, 6.07) is 8.47. The minimum Gasteiger partial charge on any atom is -0.327 e. The first-order valence-electron chi connectivity index (χ1n) is 7.61. The lowest BCUT2D eigenvalue weighted by Crippen LogP contribution is -2.28. The van der Waals surface area contributed by atoms with Crippen molar-refractivity contribution in [3.63, 3.8) is 0 Å². The number of benzene rings is 1. The zero-order valence-corrected chi connectivity index (χ0v) is 13.7. The van der Waals surface area contributed by atoms with E-state index in [2.05, 4.69) is 17.4 Å². The SMILES string of the molecule is N[C@@H]1CCC[C@H]1CC(=O)Nc1cccc(C2SCCS2)c1. The number of carbonyl (C=O) groups is 1. The van der Waals surface area contributed by atoms with E-state index in [1.807, 2.05) is 35.7 Å². The third-order valence-electron chi connectivity index (χ3n) is 4.23. The van der Waals surface area contributed by atoms with E-state index in [0.29, 0.717) is 16.9 Å². The topological polar surface area (TPSA) is 55.1 Å². The number of hydrogen-bond donors (Lipinski definition) is 2. The second-order valence-corrected chi connectivity index (χ2v) is 8.53. The summed E-state index contributed by atoms with van der Waals surface area (Å²) in [5.41, 5.74) is 8.26. The third kappa shape index (κ3) is 3.96. The molecule has 1 amide bonds. The van der Waals surface area contributed by atoms with Crippen LogP contribution in [0.1, 0.15) is 35.8 Å². The van der Waals surface area contributed by atoms with Crippen molar-refractivity contribution < 1.29 is 4.79 Å². The molecule has 0 aromatic heterocycles. The summed E-state index contributed by atoms with van der Waals surface area (Å²) in [7, 11) is 0. The molecule has 114 valence electrons. The summed E-state index contributed by atoms with van der Waals surface area (Å²) in [6.07, 6.45) is 3.86. The van der Waals surface area contributed by atoms with Gasteiger partial charge in [0.25, 0.3) is 0 Å². The first-order chi connectivity index (χ1) is 10.2. The number of nitrogens with two attached hydrogens (primary N) is 1. The number of rotatable bonds is 4. The van der Waals surface area contributed by atoms with Crippen LogP contribution >= 0.6 is 23.5 Å². The Morgan fingerprint density at radius 1 is 1.29 bits per heavy atom. The molecule has 5 heteroatoms. The van der Waals surface area contributed by atoms with Crippen LogP contribution in [0.3, 0.4) is 0 Å². The summed E-state index contributed by atoms with van der Waals surface area (Å²) >= 11 is 3.97. The number of nitrogens with one attached hydrogen (secondary N) is 1. The highest BCUT2D eigenvalue weighted by atomic mass is 32.2. The summed E-state index contributed by atoms with van der Waals surface area (Å²) in [5.74, 6) is 2.88. The van der Waals surface area contributed by atoms with Gasteiger partial charge < -0.3 is 11.1 Å². The van der Waals surface area contributed by atoms with E-state index in [1.165, 1.54) is 17.1 Å². The van der Waals surface area contributed by atoms with E-state index in [-0.39, 0.29) is 11.9 Å². The third-order valence-corrected chi connectivity index (χ3v) is 7.33. The first-order valence-corrected chi connectivity index (χ1v) is 9.71. The highest BCUT2D eigenvalue weighted by Gasteiger charge is 2.26. The molecular weight excluding hydrogens is 300 g/mol. The van der Waals surface area contributed by atoms with Crippen molar-refractivity contribution in [3.8, 4) is 0 Å². The number of hydrogen-bond acceptors (Lipinski definition) is 4. The second kappa shape index (κ2) is 7.07. The Kier molecular flexibility index (Phi) is 5.14. The van der Waals surface area contributed by atoms with Gasteiger partial charge in [0.1, 0.15) is 0 Å². The first kappa shape index (κ1) is 15.3. The van der Waals surface area contributed by atoms with Gasteiger partial charge in [-0.25, -0.2) is 0 Å². The van der Waals surface area contributed by atoms with Crippen LogP contribution in [0.5, 0.6) is 0 Å². The quantitative estimate of drug-likeness (QED) is 0.889.